The first-order valence-corrected chi connectivity index (χ1v) is 9.90. The minimum atomic E-state index is -0.275. The standard InChI is InChI=1S/C21H34N4O2/c1-17-7-6-8-18(13-17)14-24-9-11-25(12-10-24)16-20(27)23(5)15-19(26)22-21(2,3)4/h6-8,13H,9-12,14-16H2,1-5H3,(H,22,26)/p+2. The first kappa shape index (κ1) is 21.4. The van der Waals surface area contributed by atoms with Gasteiger partial charge in [0.05, 0.1) is 6.54 Å². The second-order valence-electron chi connectivity index (χ2n) is 8.89. The molecule has 150 valence electrons. The maximum Gasteiger partial charge on any atom is 0.277 e. The van der Waals surface area contributed by atoms with E-state index < -0.39 is 0 Å². The third kappa shape index (κ3) is 7.69. The monoisotopic (exact) mass is 376 g/mol. The Morgan fingerprint density at radius 3 is 2.33 bits per heavy atom. The molecule has 0 aromatic heterocycles. The molecule has 0 unspecified atom stereocenters. The number of aryl methyl sites for hydroxylation is 1. The van der Waals surface area contributed by atoms with Crippen molar-refractivity contribution in [2.45, 2.75) is 39.8 Å². The van der Waals surface area contributed by atoms with E-state index in [0.717, 1.165) is 32.7 Å². The number of nitrogens with one attached hydrogen (secondary N) is 3. The summed E-state index contributed by atoms with van der Waals surface area (Å²) in [5.41, 5.74) is 2.41. The van der Waals surface area contributed by atoms with E-state index in [9.17, 15) is 9.59 Å². The van der Waals surface area contributed by atoms with Crippen LogP contribution in [0.1, 0.15) is 31.9 Å². The highest BCUT2D eigenvalue weighted by atomic mass is 16.2. The topological polar surface area (TPSA) is 58.3 Å². The largest absolute Gasteiger partial charge is 0.350 e. The molecule has 6 heteroatoms. The molecule has 1 aliphatic rings. The number of piperazine rings is 1. The van der Waals surface area contributed by atoms with Gasteiger partial charge in [-0.05, 0) is 27.7 Å². The second-order valence-corrected chi connectivity index (χ2v) is 8.89. The van der Waals surface area contributed by atoms with Crippen LogP contribution in [0.2, 0.25) is 0 Å². The highest BCUT2D eigenvalue weighted by Crippen LogP contribution is 2.02. The number of carbonyl (C=O) groups excluding carboxylic acids is 2. The maximum absolute atomic E-state index is 12.4. The molecule has 1 heterocycles. The summed E-state index contributed by atoms with van der Waals surface area (Å²) in [5, 5.41) is 2.90. The van der Waals surface area contributed by atoms with Gasteiger partial charge in [-0.3, -0.25) is 9.59 Å². The summed E-state index contributed by atoms with van der Waals surface area (Å²) in [6, 6.07) is 8.70. The molecule has 6 nitrogen and oxygen atoms in total. The van der Waals surface area contributed by atoms with Gasteiger partial charge >= 0.3 is 0 Å². The lowest BCUT2D eigenvalue weighted by Gasteiger charge is -2.30. The molecule has 1 saturated heterocycles. The molecule has 0 aliphatic carbocycles. The van der Waals surface area contributed by atoms with Gasteiger partial charge in [0, 0.05) is 18.2 Å². The number of benzene rings is 1. The average molecular weight is 377 g/mol. The number of carbonyl (C=O) groups is 2. The number of amides is 2. The lowest BCUT2D eigenvalue weighted by Crippen LogP contribution is -3.28. The molecule has 2 amide bonds. The second kappa shape index (κ2) is 9.33. The van der Waals surface area contributed by atoms with Crippen LogP contribution in [-0.2, 0) is 16.1 Å². The number of hydrogen-bond donors (Lipinski definition) is 3. The van der Waals surface area contributed by atoms with Crippen LogP contribution >= 0.6 is 0 Å². The normalized spacial score (nSPS) is 20.2. The first-order chi connectivity index (χ1) is 12.6. The van der Waals surface area contributed by atoms with E-state index in [1.165, 1.54) is 16.0 Å². The third-order valence-electron chi connectivity index (χ3n) is 4.92. The van der Waals surface area contributed by atoms with Crippen molar-refractivity contribution in [2.75, 3.05) is 46.3 Å². The van der Waals surface area contributed by atoms with Crippen molar-refractivity contribution in [1.29, 1.82) is 0 Å². The van der Waals surface area contributed by atoms with Crippen molar-refractivity contribution < 1.29 is 19.4 Å². The minimum Gasteiger partial charge on any atom is -0.350 e. The summed E-state index contributed by atoms with van der Waals surface area (Å²) in [5.74, 6) is -0.0723. The molecular weight excluding hydrogens is 340 g/mol. The van der Waals surface area contributed by atoms with Crippen molar-refractivity contribution in [1.82, 2.24) is 10.2 Å². The van der Waals surface area contributed by atoms with Crippen molar-refractivity contribution >= 4 is 11.8 Å². The van der Waals surface area contributed by atoms with Gasteiger partial charge in [0.15, 0.2) is 6.54 Å². The maximum atomic E-state index is 12.4. The molecule has 3 N–H and O–H groups in total. The number of likely N-dealkylation sites (N-methyl/N-ethyl adjacent to an activating group) is 1. The Hall–Kier alpha value is -1.92. The van der Waals surface area contributed by atoms with Gasteiger partial charge in [0.25, 0.3) is 5.91 Å². The van der Waals surface area contributed by atoms with Crippen molar-refractivity contribution in [3.8, 4) is 0 Å². The van der Waals surface area contributed by atoms with Gasteiger partial charge in [-0.15, -0.1) is 0 Å². The summed E-state index contributed by atoms with van der Waals surface area (Å²) >= 11 is 0. The van der Waals surface area contributed by atoms with Gasteiger partial charge in [0.2, 0.25) is 5.91 Å². The Labute approximate surface area is 163 Å². The van der Waals surface area contributed by atoms with Crippen LogP contribution in [0.3, 0.4) is 0 Å². The Bertz CT molecular complexity index is 646. The molecule has 1 aliphatic heterocycles. The zero-order valence-electron chi connectivity index (χ0n) is 17.5. The smallest absolute Gasteiger partial charge is 0.277 e. The average Bonchev–Trinajstić information content (AvgIpc) is 2.54. The van der Waals surface area contributed by atoms with Crippen LogP contribution in [0, 0.1) is 6.92 Å². The predicted molar refractivity (Wildman–Crippen MR) is 107 cm³/mol. The number of hydrogen-bond acceptors (Lipinski definition) is 2. The lowest BCUT2D eigenvalue weighted by molar-refractivity contribution is -1.02. The predicted octanol–water partition coefficient (Wildman–Crippen LogP) is -1.35. The van der Waals surface area contributed by atoms with Crippen LogP contribution in [0.4, 0.5) is 0 Å². The molecule has 0 atom stereocenters. The Kier molecular flexibility index (Phi) is 7.39. The first-order valence-electron chi connectivity index (χ1n) is 9.90. The fourth-order valence-electron chi connectivity index (χ4n) is 3.53. The molecular formula is C21H36N4O2+2. The fraction of sp³-hybridized carbons (Fsp3) is 0.619. The van der Waals surface area contributed by atoms with Gasteiger partial charge < -0.3 is 20.0 Å². The van der Waals surface area contributed by atoms with E-state index in [0.29, 0.717) is 6.54 Å². The zero-order chi connectivity index (χ0) is 20.0. The highest BCUT2D eigenvalue weighted by molar-refractivity contribution is 5.85. The van der Waals surface area contributed by atoms with Crippen LogP contribution < -0.4 is 15.1 Å². The molecule has 0 spiro atoms. The molecule has 1 aromatic rings. The minimum absolute atomic E-state index is 0.0381. The number of quaternary nitrogens is 2. The van der Waals surface area contributed by atoms with Crippen LogP contribution in [0.25, 0.3) is 0 Å². The van der Waals surface area contributed by atoms with Crippen LogP contribution in [0.15, 0.2) is 24.3 Å². The summed E-state index contributed by atoms with van der Waals surface area (Å²) in [6.07, 6.45) is 0. The SMILES string of the molecule is Cc1cccc(C[NH+]2CC[NH+](CC(=O)N(C)CC(=O)NC(C)(C)C)CC2)c1. The number of rotatable bonds is 6. The van der Waals surface area contributed by atoms with Crippen molar-refractivity contribution in [3.63, 3.8) is 0 Å². The van der Waals surface area contributed by atoms with Gasteiger partial charge in [-0.1, -0.05) is 29.8 Å². The highest BCUT2D eigenvalue weighted by Gasteiger charge is 2.27. The molecule has 1 aromatic carbocycles. The summed E-state index contributed by atoms with van der Waals surface area (Å²) in [7, 11) is 1.71. The molecule has 2 rings (SSSR count). The summed E-state index contributed by atoms with van der Waals surface area (Å²) in [4.78, 5) is 28.9. The Morgan fingerprint density at radius 2 is 1.74 bits per heavy atom. The van der Waals surface area contributed by atoms with Crippen LogP contribution in [0.5, 0.6) is 0 Å². The lowest BCUT2D eigenvalue weighted by atomic mass is 10.1. The third-order valence-corrected chi connectivity index (χ3v) is 4.92. The molecule has 27 heavy (non-hydrogen) atoms. The Morgan fingerprint density at radius 1 is 1.11 bits per heavy atom. The molecule has 0 radical (unpaired) electrons. The summed E-state index contributed by atoms with van der Waals surface area (Å²) < 4.78 is 0. The van der Waals surface area contributed by atoms with Crippen molar-refractivity contribution in [3.05, 3.63) is 35.4 Å². The van der Waals surface area contributed by atoms with Gasteiger partial charge in [-0.25, -0.2) is 0 Å². The van der Waals surface area contributed by atoms with Gasteiger partial charge in [0.1, 0.15) is 32.7 Å². The van der Waals surface area contributed by atoms with E-state index in [-0.39, 0.29) is 23.9 Å². The Balaban J connectivity index is 1.73. The van der Waals surface area contributed by atoms with Crippen LogP contribution in [-0.4, -0.2) is 68.6 Å². The molecule has 0 saturated carbocycles. The van der Waals surface area contributed by atoms with E-state index in [1.807, 2.05) is 20.8 Å². The quantitative estimate of drug-likeness (QED) is 0.575. The van der Waals surface area contributed by atoms with E-state index in [1.54, 1.807) is 16.8 Å². The molecule has 0 bridgehead atoms. The van der Waals surface area contributed by atoms with E-state index in [2.05, 4.69) is 36.5 Å². The van der Waals surface area contributed by atoms with Gasteiger partial charge in [-0.2, -0.15) is 0 Å². The summed E-state index contributed by atoms with van der Waals surface area (Å²) in [6.45, 7) is 13.7. The number of nitrogens with zero attached hydrogens (tertiary/aromatic N) is 1. The molecule has 1 fully saturated rings. The van der Waals surface area contributed by atoms with E-state index in [4.69, 9.17) is 0 Å². The zero-order valence-corrected chi connectivity index (χ0v) is 17.5. The van der Waals surface area contributed by atoms with E-state index >= 15 is 0 Å². The fourth-order valence-corrected chi connectivity index (χ4v) is 3.53. The van der Waals surface area contributed by atoms with Crippen molar-refractivity contribution in [2.24, 2.45) is 0 Å².